The fourth-order valence-corrected chi connectivity index (χ4v) is 1.49. The van der Waals surface area contributed by atoms with E-state index in [4.69, 9.17) is 9.47 Å². The molecule has 0 heterocycles. The van der Waals surface area contributed by atoms with Crippen molar-refractivity contribution in [2.45, 2.75) is 24.7 Å². The summed E-state index contributed by atoms with van der Waals surface area (Å²) in [6, 6.07) is 4.01. The molecule has 0 atom stereocenters. The molecule has 0 aliphatic carbocycles. The van der Waals surface area contributed by atoms with E-state index in [-0.39, 0.29) is 12.2 Å². The normalized spacial score (nSPS) is 10.4. The minimum Gasteiger partial charge on any atom is -0.460 e. The van der Waals surface area contributed by atoms with Gasteiger partial charge in [-0.15, -0.1) is 12.6 Å². The van der Waals surface area contributed by atoms with Crippen LogP contribution in [0.5, 0.6) is 0 Å². The minimum absolute atomic E-state index is 0.101. The predicted molar refractivity (Wildman–Crippen MR) is 69.7 cm³/mol. The number of benzene rings is 1. The highest BCUT2D eigenvalue weighted by molar-refractivity contribution is 7.80. The topological polar surface area (TPSA) is 35.5 Å². The highest BCUT2D eigenvalue weighted by Crippen LogP contribution is 2.14. The van der Waals surface area contributed by atoms with Crippen LogP contribution in [-0.4, -0.2) is 25.8 Å². The second kappa shape index (κ2) is 8.11. The van der Waals surface area contributed by atoms with Gasteiger partial charge in [0.15, 0.2) is 0 Å². The number of esters is 1. The third-order valence-electron chi connectivity index (χ3n) is 2.27. The first-order valence-corrected chi connectivity index (χ1v) is 6.33. The predicted octanol–water partition coefficient (Wildman–Crippen LogP) is 3.09. The van der Waals surface area contributed by atoms with Crippen molar-refractivity contribution >= 4 is 18.6 Å². The van der Waals surface area contributed by atoms with E-state index in [2.05, 4.69) is 19.6 Å². The quantitative estimate of drug-likeness (QED) is 0.470. The van der Waals surface area contributed by atoms with Gasteiger partial charge in [0.25, 0.3) is 0 Å². The van der Waals surface area contributed by atoms with Gasteiger partial charge in [-0.2, -0.15) is 0 Å². The van der Waals surface area contributed by atoms with Crippen LogP contribution in [0, 0.1) is 5.82 Å². The third kappa shape index (κ3) is 5.06. The third-order valence-corrected chi connectivity index (χ3v) is 2.55. The van der Waals surface area contributed by atoms with Gasteiger partial charge >= 0.3 is 5.97 Å². The highest BCUT2D eigenvalue weighted by Gasteiger charge is 2.13. The molecular formula is C13H17FO3S. The Morgan fingerprint density at radius 1 is 1.33 bits per heavy atom. The smallest absolute Gasteiger partial charge is 0.341 e. The number of hydrogen-bond donors (Lipinski definition) is 1. The van der Waals surface area contributed by atoms with E-state index in [1.165, 1.54) is 18.2 Å². The lowest BCUT2D eigenvalue weighted by atomic mass is 10.2. The average molecular weight is 272 g/mol. The van der Waals surface area contributed by atoms with Crippen molar-refractivity contribution in [3.05, 3.63) is 29.6 Å². The molecule has 0 saturated heterocycles. The fourth-order valence-electron chi connectivity index (χ4n) is 1.29. The number of thiol groups is 1. The van der Waals surface area contributed by atoms with Gasteiger partial charge in [0.05, 0.1) is 12.2 Å². The molecule has 5 heteroatoms. The van der Waals surface area contributed by atoms with Gasteiger partial charge in [0.2, 0.25) is 0 Å². The standard InChI is InChI=1S/C13H17FO3S/c1-2-3-6-16-7-8-17-13(15)11-9-10(18)4-5-12(11)14/h4-5,9,18H,2-3,6-8H2,1H3. The van der Waals surface area contributed by atoms with Crippen molar-refractivity contribution in [2.75, 3.05) is 19.8 Å². The lowest BCUT2D eigenvalue weighted by molar-refractivity contribution is 0.0309. The number of carbonyl (C=O) groups excluding carboxylic acids is 1. The van der Waals surface area contributed by atoms with Crippen molar-refractivity contribution in [2.24, 2.45) is 0 Å². The first kappa shape index (κ1) is 15.0. The molecule has 1 aromatic carbocycles. The Bertz CT molecular complexity index is 396. The molecule has 0 radical (unpaired) electrons. The van der Waals surface area contributed by atoms with E-state index in [9.17, 15) is 9.18 Å². The molecule has 0 saturated carbocycles. The van der Waals surface area contributed by atoms with Gasteiger partial charge < -0.3 is 9.47 Å². The van der Waals surface area contributed by atoms with E-state index in [0.717, 1.165) is 12.8 Å². The second-order valence-corrected chi connectivity index (χ2v) is 4.28. The summed E-state index contributed by atoms with van der Waals surface area (Å²) in [5, 5.41) is 0. The Kier molecular flexibility index (Phi) is 6.75. The average Bonchev–Trinajstić information content (AvgIpc) is 2.36. The molecule has 0 amide bonds. The molecule has 0 fully saturated rings. The van der Waals surface area contributed by atoms with Crippen LogP contribution in [-0.2, 0) is 9.47 Å². The summed E-state index contributed by atoms with van der Waals surface area (Å²) in [5.41, 5.74) is -0.101. The number of unbranched alkanes of at least 4 members (excludes halogenated alkanes) is 1. The van der Waals surface area contributed by atoms with Crippen LogP contribution in [0.25, 0.3) is 0 Å². The van der Waals surface area contributed by atoms with Gasteiger partial charge in [0, 0.05) is 11.5 Å². The molecule has 100 valence electrons. The maximum absolute atomic E-state index is 13.3. The summed E-state index contributed by atoms with van der Waals surface area (Å²) >= 11 is 4.04. The zero-order valence-electron chi connectivity index (χ0n) is 10.3. The summed E-state index contributed by atoms with van der Waals surface area (Å²) < 4.78 is 23.5. The highest BCUT2D eigenvalue weighted by atomic mass is 32.1. The van der Waals surface area contributed by atoms with Crippen molar-refractivity contribution in [1.82, 2.24) is 0 Å². The maximum Gasteiger partial charge on any atom is 0.341 e. The van der Waals surface area contributed by atoms with Gasteiger partial charge in [-0.1, -0.05) is 13.3 Å². The first-order valence-electron chi connectivity index (χ1n) is 5.88. The van der Waals surface area contributed by atoms with Crippen LogP contribution in [0.15, 0.2) is 23.1 Å². The number of ether oxygens (including phenoxy) is 2. The second-order valence-electron chi connectivity index (χ2n) is 3.77. The molecule has 3 nitrogen and oxygen atoms in total. The summed E-state index contributed by atoms with van der Waals surface area (Å²) in [7, 11) is 0. The maximum atomic E-state index is 13.3. The van der Waals surface area contributed by atoms with Crippen molar-refractivity contribution in [3.63, 3.8) is 0 Å². The van der Waals surface area contributed by atoms with Crippen molar-refractivity contribution in [1.29, 1.82) is 0 Å². The number of halogens is 1. The Balaban J connectivity index is 2.34. The van der Waals surface area contributed by atoms with Crippen LogP contribution in [0.4, 0.5) is 4.39 Å². The Morgan fingerprint density at radius 3 is 2.83 bits per heavy atom. The molecule has 1 rings (SSSR count). The van der Waals surface area contributed by atoms with Crippen LogP contribution in [0.1, 0.15) is 30.1 Å². The molecule has 0 bridgehead atoms. The number of rotatable bonds is 7. The molecule has 0 N–H and O–H groups in total. The monoisotopic (exact) mass is 272 g/mol. The van der Waals surface area contributed by atoms with Crippen molar-refractivity contribution < 1.29 is 18.7 Å². The van der Waals surface area contributed by atoms with Gasteiger partial charge in [-0.25, -0.2) is 9.18 Å². The molecule has 18 heavy (non-hydrogen) atoms. The van der Waals surface area contributed by atoms with Gasteiger partial charge in [0.1, 0.15) is 12.4 Å². The Labute approximate surface area is 112 Å². The van der Waals surface area contributed by atoms with Crippen LogP contribution in [0.2, 0.25) is 0 Å². The van der Waals surface area contributed by atoms with E-state index in [1.807, 2.05) is 0 Å². The van der Waals surface area contributed by atoms with E-state index in [1.54, 1.807) is 0 Å². The summed E-state index contributed by atoms with van der Waals surface area (Å²) in [4.78, 5) is 12.1. The largest absolute Gasteiger partial charge is 0.460 e. The lowest BCUT2D eigenvalue weighted by Gasteiger charge is -2.06. The summed E-state index contributed by atoms with van der Waals surface area (Å²) in [5.74, 6) is -1.30. The van der Waals surface area contributed by atoms with Crippen LogP contribution in [0.3, 0.4) is 0 Å². The van der Waals surface area contributed by atoms with E-state index in [0.29, 0.717) is 18.1 Å². The zero-order valence-corrected chi connectivity index (χ0v) is 11.2. The fraction of sp³-hybridized carbons (Fsp3) is 0.462. The molecule has 1 aromatic rings. The molecule has 0 aromatic heterocycles. The molecule has 0 aliphatic heterocycles. The summed E-state index contributed by atoms with van der Waals surface area (Å²) in [6.45, 7) is 3.16. The minimum atomic E-state index is -0.692. The lowest BCUT2D eigenvalue weighted by Crippen LogP contribution is -2.12. The Morgan fingerprint density at radius 2 is 2.11 bits per heavy atom. The molecule has 0 aliphatic rings. The first-order chi connectivity index (χ1) is 8.65. The van der Waals surface area contributed by atoms with Crippen LogP contribution < -0.4 is 0 Å². The zero-order chi connectivity index (χ0) is 13.4. The van der Waals surface area contributed by atoms with Gasteiger partial charge in [-0.05, 0) is 24.6 Å². The summed E-state index contributed by atoms with van der Waals surface area (Å²) in [6.07, 6.45) is 2.03. The van der Waals surface area contributed by atoms with Gasteiger partial charge in [-0.3, -0.25) is 0 Å². The van der Waals surface area contributed by atoms with E-state index < -0.39 is 11.8 Å². The van der Waals surface area contributed by atoms with Crippen molar-refractivity contribution in [3.8, 4) is 0 Å². The molecule has 0 spiro atoms. The van der Waals surface area contributed by atoms with Crippen LogP contribution >= 0.6 is 12.6 Å². The molecule has 0 unspecified atom stereocenters. The molecular weight excluding hydrogens is 255 g/mol. The Hall–Kier alpha value is -1.07. The number of hydrogen-bond acceptors (Lipinski definition) is 4. The number of carbonyl (C=O) groups is 1. The SMILES string of the molecule is CCCCOCCOC(=O)c1cc(S)ccc1F. The van der Waals surface area contributed by atoms with E-state index >= 15 is 0 Å².